The molecular formula is C18H20OS. The third-order valence-corrected chi connectivity index (χ3v) is 4.25. The maximum absolute atomic E-state index is 12.0. The number of Topliss-reactive ketones (excluding diaryl/α,β-unsaturated/α-hetero) is 1. The maximum atomic E-state index is 12.0. The Morgan fingerprint density at radius 2 is 1.65 bits per heavy atom. The van der Waals surface area contributed by atoms with Crippen LogP contribution in [0.5, 0.6) is 0 Å². The maximum Gasteiger partial charge on any atom is 0.163 e. The second-order valence-electron chi connectivity index (χ2n) is 5.11. The van der Waals surface area contributed by atoms with E-state index < -0.39 is 0 Å². The van der Waals surface area contributed by atoms with Crippen LogP contribution in [0.1, 0.15) is 42.1 Å². The molecule has 0 atom stereocenters. The minimum atomic E-state index is 0.219. The average molecular weight is 284 g/mol. The molecule has 0 heterocycles. The Morgan fingerprint density at radius 1 is 1.00 bits per heavy atom. The van der Waals surface area contributed by atoms with Gasteiger partial charge in [0.25, 0.3) is 0 Å². The van der Waals surface area contributed by atoms with Crippen molar-refractivity contribution in [1.82, 2.24) is 0 Å². The zero-order valence-electron chi connectivity index (χ0n) is 12.0. The summed E-state index contributed by atoms with van der Waals surface area (Å²) in [5, 5.41) is 0. The molecule has 20 heavy (non-hydrogen) atoms. The van der Waals surface area contributed by atoms with Gasteiger partial charge in [0, 0.05) is 22.6 Å². The van der Waals surface area contributed by atoms with Gasteiger partial charge in [0.1, 0.15) is 0 Å². The molecule has 1 nitrogen and oxygen atoms in total. The molecule has 2 aromatic rings. The molecule has 0 aliphatic carbocycles. The van der Waals surface area contributed by atoms with Crippen LogP contribution in [0.15, 0.2) is 59.5 Å². The van der Waals surface area contributed by atoms with Crippen LogP contribution in [-0.4, -0.2) is 11.5 Å². The molecule has 0 bridgehead atoms. The van der Waals surface area contributed by atoms with E-state index >= 15 is 0 Å². The van der Waals surface area contributed by atoms with Gasteiger partial charge >= 0.3 is 0 Å². The zero-order valence-corrected chi connectivity index (χ0v) is 12.8. The van der Waals surface area contributed by atoms with E-state index in [1.165, 1.54) is 10.5 Å². The normalized spacial score (nSPS) is 10.8. The molecule has 2 aromatic carbocycles. The highest BCUT2D eigenvalue weighted by atomic mass is 32.2. The molecule has 104 valence electrons. The summed E-state index contributed by atoms with van der Waals surface area (Å²) in [4.78, 5) is 13.2. The molecule has 0 unspecified atom stereocenters. The molecule has 0 aromatic heterocycles. The van der Waals surface area contributed by atoms with Crippen LogP contribution in [0.2, 0.25) is 0 Å². The summed E-state index contributed by atoms with van der Waals surface area (Å²) in [5.74, 6) is 1.61. The van der Waals surface area contributed by atoms with Gasteiger partial charge in [-0.25, -0.2) is 0 Å². The van der Waals surface area contributed by atoms with E-state index in [0.717, 1.165) is 11.3 Å². The summed E-state index contributed by atoms with van der Waals surface area (Å²) in [7, 11) is 0. The summed E-state index contributed by atoms with van der Waals surface area (Å²) < 4.78 is 0. The Kier molecular flexibility index (Phi) is 5.42. The van der Waals surface area contributed by atoms with E-state index in [1.807, 2.05) is 30.3 Å². The van der Waals surface area contributed by atoms with Gasteiger partial charge in [-0.1, -0.05) is 56.3 Å². The number of rotatable bonds is 6. The van der Waals surface area contributed by atoms with Crippen molar-refractivity contribution in [3.63, 3.8) is 0 Å². The largest absolute Gasteiger partial charge is 0.294 e. The topological polar surface area (TPSA) is 17.1 Å². The quantitative estimate of drug-likeness (QED) is 0.537. The number of hydrogen-bond acceptors (Lipinski definition) is 2. The molecule has 0 radical (unpaired) electrons. The second-order valence-corrected chi connectivity index (χ2v) is 6.28. The molecule has 0 N–H and O–H groups in total. The van der Waals surface area contributed by atoms with Crippen LogP contribution in [0.25, 0.3) is 0 Å². The Labute approximate surface area is 125 Å². The van der Waals surface area contributed by atoms with Crippen molar-refractivity contribution < 1.29 is 4.79 Å². The first kappa shape index (κ1) is 14.9. The fraction of sp³-hybridized carbons (Fsp3) is 0.278. The minimum absolute atomic E-state index is 0.219. The highest BCUT2D eigenvalue weighted by Gasteiger charge is 2.05. The predicted molar refractivity (Wildman–Crippen MR) is 86.6 cm³/mol. The van der Waals surface area contributed by atoms with Gasteiger partial charge < -0.3 is 0 Å². The smallest absolute Gasteiger partial charge is 0.163 e. The molecule has 0 amide bonds. The SMILES string of the molecule is CC(C)c1ccc(SCCC(=O)c2ccccc2)cc1. The van der Waals surface area contributed by atoms with Gasteiger partial charge in [0.2, 0.25) is 0 Å². The number of hydrogen-bond donors (Lipinski definition) is 0. The molecule has 0 spiro atoms. The third kappa shape index (κ3) is 4.24. The van der Waals surface area contributed by atoms with Gasteiger partial charge in [-0.05, 0) is 23.6 Å². The molecule has 0 fully saturated rings. The predicted octanol–water partition coefficient (Wildman–Crippen LogP) is 5.18. The van der Waals surface area contributed by atoms with Crippen molar-refractivity contribution in [2.24, 2.45) is 0 Å². The Bertz CT molecular complexity index is 543. The lowest BCUT2D eigenvalue weighted by molar-refractivity contribution is 0.0989. The molecular weight excluding hydrogens is 264 g/mol. The molecule has 0 aliphatic heterocycles. The summed E-state index contributed by atoms with van der Waals surface area (Å²) in [6.45, 7) is 4.39. The van der Waals surface area contributed by atoms with E-state index in [0.29, 0.717) is 12.3 Å². The molecule has 2 rings (SSSR count). The van der Waals surface area contributed by atoms with Crippen molar-refractivity contribution in [3.05, 3.63) is 65.7 Å². The van der Waals surface area contributed by atoms with Gasteiger partial charge in [0.15, 0.2) is 5.78 Å². The van der Waals surface area contributed by atoms with Gasteiger partial charge in [-0.3, -0.25) is 4.79 Å². The van der Waals surface area contributed by atoms with Gasteiger partial charge in [0.05, 0.1) is 0 Å². The first-order valence-electron chi connectivity index (χ1n) is 6.98. The van der Waals surface area contributed by atoms with E-state index in [4.69, 9.17) is 0 Å². The average Bonchev–Trinajstić information content (AvgIpc) is 2.48. The highest BCUT2D eigenvalue weighted by molar-refractivity contribution is 7.99. The number of thioether (sulfide) groups is 1. The Morgan fingerprint density at radius 3 is 2.25 bits per heavy atom. The van der Waals surface area contributed by atoms with Crippen LogP contribution in [0.4, 0.5) is 0 Å². The lowest BCUT2D eigenvalue weighted by Gasteiger charge is -2.06. The molecule has 0 saturated carbocycles. The van der Waals surface area contributed by atoms with Crippen LogP contribution in [0.3, 0.4) is 0 Å². The fourth-order valence-electron chi connectivity index (χ4n) is 1.98. The second kappa shape index (κ2) is 7.30. The summed E-state index contributed by atoms with van der Waals surface area (Å²) in [6.07, 6.45) is 0.584. The first-order valence-corrected chi connectivity index (χ1v) is 7.96. The zero-order chi connectivity index (χ0) is 14.4. The number of ketones is 1. The first-order chi connectivity index (χ1) is 9.66. The fourth-order valence-corrected chi connectivity index (χ4v) is 2.83. The third-order valence-electron chi connectivity index (χ3n) is 3.24. The molecule has 2 heteroatoms. The Hall–Kier alpha value is -1.54. The van der Waals surface area contributed by atoms with Gasteiger partial charge in [-0.2, -0.15) is 0 Å². The van der Waals surface area contributed by atoms with Crippen LogP contribution in [0, 0.1) is 0 Å². The van der Waals surface area contributed by atoms with Crippen molar-refractivity contribution in [2.75, 3.05) is 5.75 Å². The van der Waals surface area contributed by atoms with Gasteiger partial charge in [-0.15, -0.1) is 11.8 Å². The summed E-state index contributed by atoms with van der Waals surface area (Å²) in [5.41, 5.74) is 2.16. The van der Waals surface area contributed by atoms with E-state index in [-0.39, 0.29) is 5.78 Å². The van der Waals surface area contributed by atoms with Crippen LogP contribution in [-0.2, 0) is 0 Å². The standard InChI is InChI=1S/C18H20OS/c1-14(2)15-8-10-17(11-9-15)20-13-12-18(19)16-6-4-3-5-7-16/h3-11,14H,12-13H2,1-2H3. The van der Waals surface area contributed by atoms with Crippen molar-refractivity contribution in [1.29, 1.82) is 0 Å². The minimum Gasteiger partial charge on any atom is -0.294 e. The van der Waals surface area contributed by atoms with Crippen molar-refractivity contribution in [2.45, 2.75) is 31.1 Å². The van der Waals surface area contributed by atoms with E-state index in [9.17, 15) is 4.79 Å². The highest BCUT2D eigenvalue weighted by Crippen LogP contribution is 2.22. The monoisotopic (exact) mass is 284 g/mol. The molecule has 0 aliphatic rings. The van der Waals surface area contributed by atoms with Crippen molar-refractivity contribution >= 4 is 17.5 Å². The van der Waals surface area contributed by atoms with Crippen molar-refractivity contribution in [3.8, 4) is 0 Å². The summed E-state index contributed by atoms with van der Waals surface area (Å²) >= 11 is 1.74. The lowest BCUT2D eigenvalue weighted by Crippen LogP contribution is -1.99. The number of benzene rings is 2. The number of carbonyl (C=O) groups excluding carboxylic acids is 1. The molecule has 0 saturated heterocycles. The number of carbonyl (C=O) groups is 1. The lowest BCUT2D eigenvalue weighted by atomic mass is 10.0. The van der Waals surface area contributed by atoms with E-state index in [1.54, 1.807) is 11.8 Å². The Balaban J connectivity index is 1.82. The van der Waals surface area contributed by atoms with E-state index in [2.05, 4.69) is 38.1 Å². The van der Waals surface area contributed by atoms with Crippen LogP contribution >= 0.6 is 11.8 Å². The summed E-state index contributed by atoms with van der Waals surface area (Å²) in [6, 6.07) is 18.1. The van der Waals surface area contributed by atoms with Crippen LogP contribution < -0.4 is 0 Å².